The maximum atomic E-state index is 12.0. The van der Waals surface area contributed by atoms with E-state index >= 15 is 0 Å². The van der Waals surface area contributed by atoms with Crippen LogP contribution in [0.2, 0.25) is 0 Å². The first-order chi connectivity index (χ1) is 10.3. The Morgan fingerprint density at radius 3 is 2.09 bits per heavy atom. The zero-order valence-corrected chi connectivity index (χ0v) is 13.9. The van der Waals surface area contributed by atoms with Gasteiger partial charge in [0.25, 0.3) is 0 Å². The van der Waals surface area contributed by atoms with Gasteiger partial charge in [-0.3, -0.25) is 9.69 Å². The van der Waals surface area contributed by atoms with Gasteiger partial charge in [-0.05, 0) is 39.5 Å². The maximum Gasteiger partial charge on any atom is 0.410 e. The molecule has 0 bridgehead atoms. The van der Waals surface area contributed by atoms with Crippen molar-refractivity contribution in [2.45, 2.75) is 58.1 Å². The minimum atomic E-state index is -0.724. The minimum Gasteiger partial charge on any atom is -0.480 e. The van der Waals surface area contributed by atoms with Gasteiger partial charge in [-0.15, -0.1) is 0 Å². The van der Waals surface area contributed by atoms with Gasteiger partial charge in [0.1, 0.15) is 11.6 Å². The lowest BCUT2D eigenvalue weighted by molar-refractivity contribution is -0.146. The van der Waals surface area contributed by atoms with Crippen LogP contribution in [0.15, 0.2) is 0 Å². The highest BCUT2D eigenvalue weighted by atomic mass is 16.6. The summed E-state index contributed by atoms with van der Waals surface area (Å²) in [6, 6.07) is -0.400. The third-order valence-electron chi connectivity index (χ3n) is 4.46. The lowest BCUT2D eigenvalue weighted by Gasteiger charge is -2.39. The third-order valence-corrected chi connectivity index (χ3v) is 4.46. The fraction of sp³-hybridized carbons (Fsp3) is 0.875. The van der Waals surface area contributed by atoms with Crippen molar-refractivity contribution in [1.82, 2.24) is 9.80 Å². The molecule has 0 aromatic heterocycles. The van der Waals surface area contributed by atoms with Gasteiger partial charge in [-0.2, -0.15) is 0 Å². The monoisotopic (exact) mass is 312 g/mol. The Kier molecular flexibility index (Phi) is 5.32. The van der Waals surface area contributed by atoms with Gasteiger partial charge in [-0.1, -0.05) is 12.8 Å². The highest BCUT2D eigenvalue weighted by molar-refractivity contribution is 5.74. The molecular weight excluding hydrogens is 284 g/mol. The van der Waals surface area contributed by atoms with Crippen LogP contribution in [0.5, 0.6) is 0 Å². The maximum absolute atomic E-state index is 12.0. The molecule has 2 rings (SSSR count). The molecule has 2 fully saturated rings. The Morgan fingerprint density at radius 2 is 1.64 bits per heavy atom. The van der Waals surface area contributed by atoms with Crippen LogP contribution < -0.4 is 0 Å². The molecule has 1 aliphatic carbocycles. The molecule has 22 heavy (non-hydrogen) atoms. The number of carboxylic acids is 1. The topological polar surface area (TPSA) is 70.1 Å². The number of carbonyl (C=O) groups excluding carboxylic acids is 1. The van der Waals surface area contributed by atoms with E-state index in [0.717, 1.165) is 25.7 Å². The number of hydrogen-bond donors (Lipinski definition) is 1. The molecule has 0 aromatic carbocycles. The third kappa shape index (κ3) is 4.35. The summed E-state index contributed by atoms with van der Waals surface area (Å²) in [5.74, 6) is -0.469. The summed E-state index contributed by atoms with van der Waals surface area (Å²) in [6.45, 7) is 7.82. The van der Waals surface area contributed by atoms with Crippen molar-refractivity contribution < 1.29 is 19.4 Å². The molecule has 1 atom stereocenters. The minimum absolute atomic E-state index is 0.255. The van der Waals surface area contributed by atoms with Gasteiger partial charge in [0.05, 0.1) is 0 Å². The van der Waals surface area contributed by atoms with E-state index in [0.29, 0.717) is 26.2 Å². The van der Waals surface area contributed by atoms with Gasteiger partial charge >= 0.3 is 12.1 Å². The number of amides is 1. The predicted molar refractivity (Wildman–Crippen MR) is 82.8 cm³/mol. The number of rotatable bonds is 3. The molecular formula is C16H28N2O4. The number of hydrogen-bond acceptors (Lipinski definition) is 4. The number of carbonyl (C=O) groups is 2. The van der Waals surface area contributed by atoms with E-state index in [9.17, 15) is 14.7 Å². The first-order valence-corrected chi connectivity index (χ1v) is 8.23. The van der Waals surface area contributed by atoms with Gasteiger partial charge in [0.15, 0.2) is 0 Å². The van der Waals surface area contributed by atoms with Crippen molar-refractivity contribution >= 4 is 12.1 Å². The predicted octanol–water partition coefficient (Wildman–Crippen LogP) is 2.18. The Labute approximate surface area is 132 Å². The summed E-state index contributed by atoms with van der Waals surface area (Å²) in [5, 5.41) is 9.57. The standard InChI is InChI=1S/C16H28N2O4/c1-16(2,3)22-15(21)18-10-8-17(9-11-18)13(14(19)20)12-6-4-5-7-12/h12-13H,4-11H2,1-3H3,(H,19,20). The molecule has 1 amide bonds. The highest BCUT2D eigenvalue weighted by Crippen LogP contribution is 2.31. The first-order valence-electron chi connectivity index (χ1n) is 8.23. The van der Waals surface area contributed by atoms with Gasteiger partial charge in [0.2, 0.25) is 0 Å². The molecule has 1 saturated carbocycles. The Morgan fingerprint density at radius 1 is 1.09 bits per heavy atom. The quantitative estimate of drug-likeness (QED) is 0.865. The van der Waals surface area contributed by atoms with E-state index in [-0.39, 0.29) is 12.0 Å². The Bertz CT molecular complexity index is 405. The number of ether oxygens (including phenoxy) is 1. The molecule has 0 aromatic rings. The molecule has 1 aliphatic heterocycles. The van der Waals surface area contributed by atoms with Gasteiger partial charge < -0.3 is 14.7 Å². The van der Waals surface area contributed by atoms with Crippen LogP contribution in [0.3, 0.4) is 0 Å². The normalized spacial score (nSPS) is 22.6. The van der Waals surface area contributed by atoms with Crippen molar-refractivity contribution in [1.29, 1.82) is 0 Å². The first kappa shape index (κ1) is 17.1. The molecule has 1 unspecified atom stereocenters. The van der Waals surface area contributed by atoms with Crippen LogP contribution in [-0.2, 0) is 9.53 Å². The van der Waals surface area contributed by atoms with Crippen molar-refractivity contribution in [3.63, 3.8) is 0 Å². The summed E-state index contributed by atoms with van der Waals surface area (Å²) in [4.78, 5) is 27.4. The van der Waals surface area contributed by atoms with Crippen LogP contribution in [-0.4, -0.2) is 64.8 Å². The van der Waals surface area contributed by atoms with E-state index in [4.69, 9.17) is 4.74 Å². The zero-order chi connectivity index (χ0) is 16.3. The zero-order valence-electron chi connectivity index (χ0n) is 13.9. The second kappa shape index (κ2) is 6.86. The van der Waals surface area contributed by atoms with Crippen LogP contribution in [0.1, 0.15) is 46.5 Å². The number of carboxylic acid groups (broad SMARTS) is 1. The lowest BCUT2D eigenvalue weighted by atomic mass is 9.96. The SMILES string of the molecule is CC(C)(C)OC(=O)N1CCN(C(C(=O)O)C2CCCC2)CC1. The average molecular weight is 312 g/mol. The van der Waals surface area contributed by atoms with E-state index in [1.165, 1.54) is 0 Å². The van der Waals surface area contributed by atoms with Crippen LogP contribution in [0.4, 0.5) is 4.79 Å². The number of aliphatic carboxylic acids is 1. The molecule has 0 spiro atoms. The number of nitrogens with zero attached hydrogens (tertiary/aromatic N) is 2. The summed E-state index contributed by atoms with van der Waals surface area (Å²) in [7, 11) is 0. The summed E-state index contributed by atoms with van der Waals surface area (Å²) in [5.41, 5.74) is -0.498. The summed E-state index contributed by atoms with van der Waals surface area (Å²) in [6.07, 6.45) is 3.96. The molecule has 2 aliphatic rings. The van der Waals surface area contributed by atoms with Crippen molar-refractivity contribution in [3.8, 4) is 0 Å². The molecule has 1 N–H and O–H groups in total. The van der Waals surface area contributed by atoms with E-state index in [2.05, 4.69) is 0 Å². The average Bonchev–Trinajstić information content (AvgIpc) is 2.91. The van der Waals surface area contributed by atoms with Crippen molar-refractivity contribution in [2.24, 2.45) is 5.92 Å². The van der Waals surface area contributed by atoms with Crippen molar-refractivity contribution in [2.75, 3.05) is 26.2 Å². The Balaban J connectivity index is 1.90. The van der Waals surface area contributed by atoms with Crippen LogP contribution in [0, 0.1) is 5.92 Å². The fourth-order valence-electron chi connectivity index (χ4n) is 3.44. The van der Waals surface area contributed by atoms with E-state index < -0.39 is 17.6 Å². The molecule has 1 saturated heterocycles. The second-order valence-corrected chi connectivity index (χ2v) is 7.33. The van der Waals surface area contributed by atoms with Crippen molar-refractivity contribution in [3.05, 3.63) is 0 Å². The fourth-order valence-corrected chi connectivity index (χ4v) is 3.44. The second-order valence-electron chi connectivity index (χ2n) is 7.33. The van der Waals surface area contributed by atoms with Crippen LogP contribution >= 0.6 is 0 Å². The molecule has 6 nitrogen and oxygen atoms in total. The van der Waals surface area contributed by atoms with E-state index in [1.54, 1.807) is 4.90 Å². The highest BCUT2D eigenvalue weighted by Gasteiger charge is 2.37. The van der Waals surface area contributed by atoms with Gasteiger partial charge in [-0.25, -0.2) is 4.79 Å². The largest absolute Gasteiger partial charge is 0.480 e. The smallest absolute Gasteiger partial charge is 0.410 e. The number of piperazine rings is 1. The molecule has 0 radical (unpaired) electrons. The lowest BCUT2D eigenvalue weighted by Crippen LogP contribution is -2.56. The van der Waals surface area contributed by atoms with Crippen LogP contribution in [0.25, 0.3) is 0 Å². The molecule has 126 valence electrons. The Hall–Kier alpha value is -1.30. The molecule has 6 heteroatoms. The summed E-state index contributed by atoms with van der Waals surface area (Å²) < 4.78 is 5.37. The van der Waals surface area contributed by atoms with Gasteiger partial charge in [0, 0.05) is 26.2 Å². The summed E-state index contributed by atoms with van der Waals surface area (Å²) >= 11 is 0. The van der Waals surface area contributed by atoms with E-state index in [1.807, 2.05) is 25.7 Å². The molecule has 1 heterocycles.